The third kappa shape index (κ3) is 2.21. The molecule has 4 aromatic rings. The number of nitrogens with one attached hydrogen (secondary N) is 1. The molecule has 0 aliphatic heterocycles. The van der Waals surface area contributed by atoms with Crippen LogP contribution >= 0.6 is 11.3 Å². The van der Waals surface area contributed by atoms with Gasteiger partial charge < -0.3 is 4.98 Å². The minimum absolute atomic E-state index is 0.882. The van der Waals surface area contributed by atoms with Crippen LogP contribution in [-0.4, -0.2) is 19.9 Å². The van der Waals surface area contributed by atoms with Gasteiger partial charge in [-0.1, -0.05) is 18.2 Å². The van der Waals surface area contributed by atoms with Crippen molar-refractivity contribution in [1.82, 2.24) is 19.9 Å². The Balaban J connectivity index is 1.81. The highest BCUT2D eigenvalue weighted by molar-refractivity contribution is 7.21. The normalized spacial score (nSPS) is 11.1. The van der Waals surface area contributed by atoms with Crippen LogP contribution in [0.5, 0.6) is 0 Å². The maximum absolute atomic E-state index is 4.70. The highest BCUT2D eigenvalue weighted by atomic mass is 32.1. The molecule has 4 rings (SSSR count). The molecule has 1 N–H and O–H groups in total. The number of H-pyrrole nitrogens is 1. The SMILES string of the molecule is Cc1ncc(-c2cccc(-c3nc4ccccc4s3)n2)[nH]1. The average molecular weight is 292 g/mol. The number of aryl methyl sites for hydroxylation is 1. The summed E-state index contributed by atoms with van der Waals surface area (Å²) < 4.78 is 1.18. The van der Waals surface area contributed by atoms with E-state index in [4.69, 9.17) is 4.98 Å². The molecule has 0 fully saturated rings. The van der Waals surface area contributed by atoms with Gasteiger partial charge in [0.1, 0.15) is 10.8 Å². The lowest BCUT2D eigenvalue weighted by atomic mass is 10.2. The molecule has 0 radical (unpaired) electrons. The average Bonchev–Trinajstić information content (AvgIpc) is 3.13. The van der Waals surface area contributed by atoms with E-state index in [-0.39, 0.29) is 0 Å². The largest absolute Gasteiger partial charge is 0.341 e. The van der Waals surface area contributed by atoms with Crippen LogP contribution in [0.1, 0.15) is 5.82 Å². The number of imidazole rings is 1. The molecule has 5 heteroatoms. The predicted octanol–water partition coefficient (Wildman–Crippen LogP) is 4.06. The third-order valence-electron chi connectivity index (χ3n) is 3.24. The van der Waals surface area contributed by atoms with Crippen LogP contribution in [0.15, 0.2) is 48.7 Å². The zero-order valence-electron chi connectivity index (χ0n) is 11.4. The number of para-hydroxylation sites is 1. The van der Waals surface area contributed by atoms with Gasteiger partial charge in [0, 0.05) is 0 Å². The predicted molar refractivity (Wildman–Crippen MR) is 85.2 cm³/mol. The Labute approximate surface area is 125 Å². The molecule has 0 bridgehead atoms. The van der Waals surface area contributed by atoms with Crippen LogP contribution in [0.2, 0.25) is 0 Å². The first-order chi connectivity index (χ1) is 10.3. The highest BCUT2D eigenvalue weighted by Crippen LogP contribution is 2.29. The number of nitrogens with zero attached hydrogens (tertiary/aromatic N) is 3. The molecule has 0 atom stereocenters. The monoisotopic (exact) mass is 292 g/mol. The van der Waals surface area contributed by atoms with Gasteiger partial charge in [0.2, 0.25) is 0 Å². The molecule has 21 heavy (non-hydrogen) atoms. The summed E-state index contributed by atoms with van der Waals surface area (Å²) in [6.45, 7) is 1.93. The molecule has 0 amide bonds. The van der Waals surface area contributed by atoms with Crippen molar-refractivity contribution >= 4 is 21.6 Å². The number of thiazole rings is 1. The van der Waals surface area contributed by atoms with Gasteiger partial charge in [0.05, 0.1) is 33.5 Å². The van der Waals surface area contributed by atoms with Gasteiger partial charge in [-0.15, -0.1) is 11.3 Å². The quantitative estimate of drug-likeness (QED) is 0.606. The molecule has 0 saturated carbocycles. The summed E-state index contributed by atoms with van der Waals surface area (Å²) in [6.07, 6.45) is 1.81. The molecule has 102 valence electrons. The van der Waals surface area contributed by atoms with E-state index < -0.39 is 0 Å². The van der Waals surface area contributed by atoms with Crippen LogP contribution < -0.4 is 0 Å². The van der Waals surface area contributed by atoms with Gasteiger partial charge in [-0.2, -0.15) is 0 Å². The Hall–Kier alpha value is -2.53. The fourth-order valence-electron chi connectivity index (χ4n) is 2.24. The molecule has 3 heterocycles. The molecular weight excluding hydrogens is 280 g/mol. The smallest absolute Gasteiger partial charge is 0.143 e. The van der Waals surface area contributed by atoms with Crippen molar-refractivity contribution in [2.45, 2.75) is 6.92 Å². The van der Waals surface area contributed by atoms with Gasteiger partial charge in [-0.05, 0) is 31.2 Å². The zero-order valence-corrected chi connectivity index (χ0v) is 12.2. The van der Waals surface area contributed by atoms with E-state index >= 15 is 0 Å². The summed E-state index contributed by atoms with van der Waals surface area (Å²) in [5, 5.41) is 0.939. The summed E-state index contributed by atoms with van der Waals surface area (Å²) in [7, 11) is 0. The number of hydrogen-bond donors (Lipinski definition) is 1. The van der Waals surface area contributed by atoms with Gasteiger partial charge in [-0.25, -0.2) is 15.0 Å². The minimum atomic E-state index is 0.882. The molecule has 0 aliphatic rings. The van der Waals surface area contributed by atoms with Crippen LogP contribution in [0.3, 0.4) is 0 Å². The van der Waals surface area contributed by atoms with Gasteiger partial charge in [-0.3, -0.25) is 0 Å². The molecule has 3 aromatic heterocycles. The van der Waals surface area contributed by atoms with Crippen LogP contribution in [0.25, 0.3) is 32.3 Å². The Morgan fingerprint density at radius 3 is 2.62 bits per heavy atom. The Morgan fingerprint density at radius 2 is 1.81 bits per heavy atom. The van der Waals surface area contributed by atoms with Gasteiger partial charge in [0.25, 0.3) is 0 Å². The van der Waals surface area contributed by atoms with E-state index in [0.29, 0.717) is 0 Å². The molecular formula is C16H12N4S. The summed E-state index contributed by atoms with van der Waals surface area (Å²) in [5.41, 5.74) is 3.71. The van der Waals surface area contributed by atoms with Crippen LogP contribution in [0, 0.1) is 6.92 Å². The van der Waals surface area contributed by atoms with E-state index in [2.05, 4.69) is 21.0 Å². The highest BCUT2D eigenvalue weighted by Gasteiger charge is 2.09. The number of aromatic amines is 1. The molecule has 4 nitrogen and oxygen atoms in total. The van der Waals surface area contributed by atoms with Crippen LogP contribution in [0.4, 0.5) is 0 Å². The summed E-state index contributed by atoms with van der Waals surface area (Å²) >= 11 is 1.66. The number of aromatic nitrogens is 4. The number of hydrogen-bond acceptors (Lipinski definition) is 4. The van der Waals surface area contributed by atoms with Crippen molar-refractivity contribution in [3.63, 3.8) is 0 Å². The van der Waals surface area contributed by atoms with Crippen molar-refractivity contribution in [3.05, 3.63) is 54.5 Å². The van der Waals surface area contributed by atoms with E-state index in [1.165, 1.54) is 4.70 Å². The molecule has 0 unspecified atom stereocenters. The summed E-state index contributed by atoms with van der Waals surface area (Å²) in [5.74, 6) is 0.886. The molecule has 0 saturated heterocycles. The number of rotatable bonds is 2. The van der Waals surface area contributed by atoms with Crippen LogP contribution in [-0.2, 0) is 0 Å². The van der Waals surface area contributed by atoms with Crippen molar-refractivity contribution < 1.29 is 0 Å². The van der Waals surface area contributed by atoms with Crippen molar-refractivity contribution in [3.8, 4) is 22.1 Å². The van der Waals surface area contributed by atoms with E-state index in [0.717, 1.165) is 33.4 Å². The topological polar surface area (TPSA) is 54.5 Å². The Bertz CT molecular complexity index is 890. The Kier molecular flexibility index (Phi) is 2.79. The van der Waals surface area contributed by atoms with Crippen molar-refractivity contribution in [2.75, 3.05) is 0 Å². The maximum atomic E-state index is 4.70. The molecule has 1 aromatic carbocycles. The Morgan fingerprint density at radius 1 is 0.952 bits per heavy atom. The number of pyridine rings is 1. The number of fused-ring (bicyclic) bond motifs is 1. The standard InChI is InChI=1S/C16H12N4S/c1-10-17-9-14(18-10)11-6-4-7-13(19-11)16-20-12-5-2-3-8-15(12)21-16/h2-9H,1H3,(H,17,18). The second-order valence-corrected chi connectivity index (χ2v) is 5.81. The lowest BCUT2D eigenvalue weighted by Crippen LogP contribution is -1.87. The van der Waals surface area contributed by atoms with Crippen molar-refractivity contribution in [1.29, 1.82) is 0 Å². The second kappa shape index (κ2) is 4.79. The third-order valence-corrected chi connectivity index (χ3v) is 4.30. The summed E-state index contributed by atoms with van der Waals surface area (Å²) in [6, 6.07) is 14.1. The lowest BCUT2D eigenvalue weighted by Gasteiger charge is -1.99. The maximum Gasteiger partial charge on any atom is 0.143 e. The fraction of sp³-hybridized carbons (Fsp3) is 0.0625. The molecule has 0 aliphatic carbocycles. The fourth-order valence-corrected chi connectivity index (χ4v) is 3.17. The first-order valence-corrected chi connectivity index (χ1v) is 7.46. The second-order valence-electron chi connectivity index (χ2n) is 4.78. The van der Waals surface area contributed by atoms with Gasteiger partial charge >= 0.3 is 0 Å². The van der Waals surface area contributed by atoms with E-state index in [9.17, 15) is 0 Å². The zero-order chi connectivity index (χ0) is 14.2. The van der Waals surface area contributed by atoms with Gasteiger partial charge in [0.15, 0.2) is 0 Å². The lowest BCUT2D eigenvalue weighted by molar-refractivity contribution is 1.15. The molecule has 0 spiro atoms. The van der Waals surface area contributed by atoms with E-state index in [1.54, 1.807) is 17.5 Å². The van der Waals surface area contributed by atoms with E-state index in [1.807, 2.05) is 43.3 Å². The first-order valence-electron chi connectivity index (χ1n) is 6.64. The van der Waals surface area contributed by atoms with Crippen molar-refractivity contribution in [2.24, 2.45) is 0 Å². The summed E-state index contributed by atoms with van der Waals surface area (Å²) in [4.78, 5) is 16.8. The first kappa shape index (κ1) is 12.2. The number of benzene rings is 1. The minimum Gasteiger partial charge on any atom is -0.341 e.